The summed E-state index contributed by atoms with van der Waals surface area (Å²) in [7, 11) is 0. The number of hydrogen-bond donors (Lipinski definition) is 1. The maximum absolute atomic E-state index is 5.31. The van der Waals surface area contributed by atoms with Gasteiger partial charge in [0.15, 0.2) is 0 Å². The zero-order chi connectivity index (χ0) is 13.3. The molecule has 2 heterocycles. The van der Waals surface area contributed by atoms with Crippen molar-refractivity contribution in [2.75, 3.05) is 25.1 Å². The summed E-state index contributed by atoms with van der Waals surface area (Å²) in [6, 6.07) is 4.28. The van der Waals surface area contributed by atoms with Gasteiger partial charge in [-0.25, -0.2) is 4.98 Å². The second-order valence-electron chi connectivity index (χ2n) is 4.25. The van der Waals surface area contributed by atoms with Gasteiger partial charge in [-0.05, 0) is 31.2 Å². The minimum absolute atomic E-state index is 0.787. The van der Waals surface area contributed by atoms with Crippen molar-refractivity contribution < 1.29 is 4.74 Å². The van der Waals surface area contributed by atoms with E-state index in [1.165, 1.54) is 4.88 Å². The topological polar surface area (TPSA) is 39.1 Å². The number of thiophene rings is 1. The van der Waals surface area contributed by atoms with Gasteiger partial charge in [0, 0.05) is 43.6 Å². The van der Waals surface area contributed by atoms with E-state index in [0.717, 1.165) is 45.1 Å². The Morgan fingerprint density at radius 2 is 2.42 bits per heavy atom. The van der Waals surface area contributed by atoms with E-state index in [1.54, 1.807) is 11.3 Å². The Morgan fingerprint density at radius 3 is 3.21 bits per heavy atom. The molecule has 0 aromatic carbocycles. The van der Waals surface area contributed by atoms with Gasteiger partial charge in [0.1, 0.15) is 0 Å². The minimum Gasteiger partial charge on any atom is -0.382 e. The second kappa shape index (κ2) is 7.96. The Morgan fingerprint density at radius 1 is 1.47 bits per heavy atom. The van der Waals surface area contributed by atoms with Crippen molar-refractivity contribution in [3.63, 3.8) is 0 Å². The molecule has 104 valence electrons. The molecule has 0 spiro atoms. The average molecular weight is 279 g/mol. The van der Waals surface area contributed by atoms with Crippen LogP contribution in [0.4, 0.5) is 5.95 Å². The summed E-state index contributed by atoms with van der Waals surface area (Å²) in [6.07, 6.45) is 5.94. The summed E-state index contributed by atoms with van der Waals surface area (Å²) in [6.45, 7) is 5.48. The molecule has 0 aliphatic heterocycles. The monoisotopic (exact) mass is 279 g/mol. The molecular weight excluding hydrogens is 258 g/mol. The zero-order valence-electron chi connectivity index (χ0n) is 11.3. The molecule has 0 saturated carbocycles. The van der Waals surface area contributed by atoms with Crippen LogP contribution in [-0.4, -0.2) is 29.3 Å². The van der Waals surface area contributed by atoms with Crippen molar-refractivity contribution in [2.24, 2.45) is 0 Å². The molecule has 2 rings (SSSR count). The van der Waals surface area contributed by atoms with Crippen LogP contribution in [0.3, 0.4) is 0 Å². The number of aryl methyl sites for hydroxylation is 2. The fourth-order valence-corrected chi connectivity index (χ4v) is 2.56. The van der Waals surface area contributed by atoms with Gasteiger partial charge in [-0.1, -0.05) is 6.07 Å². The summed E-state index contributed by atoms with van der Waals surface area (Å²) >= 11 is 1.81. The molecule has 2 aromatic rings. The molecular formula is C14H21N3OS. The second-order valence-corrected chi connectivity index (χ2v) is 5.28. The fourth-order valence-electron chi connectivity index (χ4n) is 1.86. The lowest BCUT2D eigenvalue weighted by molar-refractivity contribution is 0.147. The van der Waals surface area contributed by atoms with E-state index >= 15 is 0 Å². The highest BCUT2D eigenvalue weighted by atomic mass is 32.1. The van der Waals surface area contributed by atoms with Gasteiger partial charge in [0.05, 0.1) is 0 Å². The van der Waals surface area contributed by atoms with E-state index in [0.29, 0.717) is 0 Å². The predicted octanol–water partition coefficient (Wildman–Crippen LogP) is 3.03. The van der Waals surface area contributed by atoms with Crippen molar-refractivity contribution in [1.82, 2.24) is 9.55 Å². The Labute approximate surface area is 118 Å². The summed E-state index contributed by atoms with van der Waals surface area (Å²) in [4.78, 5) is 5.76. The van der Waals surface area contributed by atoms with E-state index in [4.69, 9.17) is 4.74 Å². The number of aromatic nitrogens is 2. The van der Waals surface area contributed by atoms with E-state index in [9.17, 15) is 0 Å². The first-order valence-electron chi connectivity index (χ1n) is 6.75. The van der Waals surface area contributed by atoms with Crippen LogP contribution in [0, 0.1) is 0 Å². The normalized spacial score (nSPS) is 10.8. The van der Waals surface area contributed by atoms with Crippen LogP contribution in [0.1, 0.15) is 18.2 Å². The van der Waals surface area contributed by atoms with Crippen LogP contribution in [-0.2, 0) is 17.7 Å². The van der Waals surface area contributed by atoms with Crippen LogP contribution in [0.2, 0.25) is 0 Å². The van der Waals surface area contributed by atoms with E-state index in [-0.39, 0.29) is 0 Å². The summed E-state index contributed by atoms with van der Waals surface area (Å²) < 4.78 is 7.48. The molecule has 2 aromatic heterocycles. The number of nitrogens with zero attached hydrogens (tertiary/aromatic N) is 2. The van der Waals surface area contributed by atoms with Gasteiger partial charge in [0.2, 0.25) is 5.95 Å². The zero-order valence-corrected chi connectivity index (χ0v) is 12.2. The van der Waals surface area contributed by atoms with E-state index < -0.39 is 0 Å². The van der Waals surface area contributed by atoms with Crippen LogP contribution in [0.25, 0.3) is 0 Å². The van der Waals surface area contributed by atoms with Gasteiger partial charge >= 0.3 is 0 Å². The van der Waals surface area contributed by atoms with Crippen LogP contribution in [0.5, 0.6) is 0 Å². The Balaban J connectivity index is 1.74. The highest BCUT2D eigenvalue weighted by Gasteiger charge is 2.02. The maximum atomic E-state index is 5.31. The number of anilines is 1. The van der Waals surface area contributed by atoms with Crippen LogP contribution >= 0.6 is 11.3 Å². The number of nitrogens with one attached hydrogen (secondary N) is 1. The van der Waals surface area contributed by atoms with Crippen molar-refractivity contribution in [2.45, 2.75) is 26.3 Å². The predicted molar refractivity (Wildman–Crippen MR) is 79.8 cm³/mol. The molecule has 0 aliphatic rings. The first-order valence-corrected chi connectivity index (χ1v) is 7.63. The minimum atomic E-state index is 0.787. The van der Waals surface area contributed by atoms with Crippen LogP contribution < -0.4 is 5.32 Å². The molecule has 5 heteroatoms. The maximum Gasteiger partial charge on any atom is 0.202 e. The van der Waals surface area contributed by atoms with Crippen molar-refractivity contribution in [3.05, 3.63) is 34.8 Å². The average Bonchev–Trinajstić information content (AvgIpc) is 3.07. The molecule has 19 heavy (non-hydrogen) atoms. The third kappa shape index (κ3) is 4.69. The van der Waals surface area contributed by atoms with Crippen molar-refractivity contribution >= 4 is 17.3 Å². The van der Waals surface area contributed by atoms with Gasteiger partial charge in [0.25, 0.3) is 0 Å². The molecule has 0 unspecified atom stereocenters. The number of ether oxygens (including phenoxy) is 1. The van der Waals surface area contributed by atoms with E-state index in [2.05, 4.69) is 32.4 Å². The highest BCUT2D eigenvalue weighted by molar-refractivity contribution is 7.09. The quantitative estimate of drug-likeness (QED) is 0.717. The van der Waals surface area contributed by atoms with Crippen molar-refractivity contribution in [3.8, 4) is 0 Å². The van der Waals surface area contributed by atoms with Gasteiger partial charge in [-0.2, -0.15) is 0 Å². The number of hydrogen-bond acceptors (Lipinski definition) is 4. The standard InChI is InChI=1S/C14H21N3OS/c1-2-18-11-4-7-15-14-16-8-10-17(14)9-6-13-5-3-12-19-13/h3,5,8,10,12H,2,4,6-7,9,11H2,1H3,(H,15,16). The number of rotatable bonds is 9. The third-order valence-electron chi connectivity index (χ3n) is 2.85. The summed E-state index contributed by atoms with van der Waals surface area (Å²) in [5.41, 5.74) is 0. The lowest BCUT2D eigenvalue weighted by Gasteiger charge is -2.09. The Bertz CT molecular complexity index is 453. The van der Waals surface area contributed by atoms with Crippen molar-refractivity contribution in [1.29, 1.82) is 0 Å². The van der Waals surface area contributed by atoms with E-state index in [1.807, 2.05) is 19.3 Å². The molecule has 4 nitrogen and oxygen atoms in total. The molecule has 1 N–H and O–H groups in total. The van der Waals surface area contributed by atoms with Gasteiger partial charge < -0.3 is 14.6 Å². The molecule has 0 fully saturated rings. The Hall–Kier alpha value is -1.33. The first kappa shape index (κ1) is 14.1. The smallest absolute Gasteiger partial charge is 0.202 e. The molecule has 0 radical (unpaired) electrons. The third-order valence-corrected chi connectivity index (χ3v) is 3.78. The SMILES string of the molecule is CCOCCCNc1nccn1CCc1cccs1. The van der Waals surface area contributed by atoms with Gasteiger partial charge in [-0.3, -0.25) is 0 Å². The largest absolute Gasteiger partial charge is 0.382 e. The Kier molecular flexibility index (Phi) is 5.91. The molecule has 0 atom stereocenters. The summed E-state index contributed by atoms with van der Waals surface area (Å²) in [5, 5.41) is 5.48. The lowest BCUT2D eigenvalue weighted by Crippen LogP contribution is -2.11. The summed E-state index contributed by atoms with van der Waals surface area (Å²) in [5.74, 6) is 0.952. The lowest BCUT2D eigenvalue weighted by atomic mass is 10.3. The number of imidazole rings is 1. The van der Waals surface area contributed by atoms with Gasteiger partial charge in [-0.15, -0.1) is 11.3 Å². The molecule has 0 saturated heterocycles. The molecule has 0 bridgehead atoms. The first-order chi connectivity index (χ1) is 9.40. The molecule has 0 amide bonds. The molecule has 0 aliphatic carbocycles. The van der Waals surface area contributed by atoms with Crippen LogP contribution in [0.15, 0.2) is 29.9 Å². The fraction of sp³-hybridized carbons (Fsp3) is 0.500. The highest BCUT2D eigenvalue weighted by Crippen LogP contribution is 2.12.